The molecule has 0 fully saturated rings. The maximum absolute atomic E-state index is 12.5. The Kier molecular flexibility index (Phi) is 4.84. The van der Waals surface area contributed by atoms with Crippen LogP contribution in [-0.2, 0) is 12.6 Å². The first-order valence-electron chi connectivity index (χ1n) is 6.46. The van der Waals surface area contributed by atoms with Crippen LogP contribution in [0.1, 0.15) is 22.1 Å². The number of nitrogens with zero attached hydrogens (tertiary/aromatic N) is 3. The second-order valence-corrected chi connectivity index (χ2v) is 5.50. The molecule has 120 valence electrons. The van der Waals surface area contributed by atoms with Crippen LogP contribution in [0.2, 0.25) is 0 Å². The number of hydrogen-bond donors (Lipinski definition) is 1. The van der Waals surface area contributed by atoms with Crippen LogP contribution in [0.15, 0.2) is 5.38 Å². The van der Waals surface area contributed by atoms with E-state index in [2.05, 4.69) is 20.3 Å². The van der Waals surface area contributed by atoms with Crippen molar-refractivity contribution < 1.29 is 17.9 Å². The van der Waals surface area contributed by atoms with E-state index in [0.29, 0.717) is 35.5 Å². The lowest BCUT2D eigenvalue weighted by atomic mass is 10.3. The molecule has 0 amide bonds. The molecule has 2 rings (SSSR count). The summed E-state index contributed by atoms with van der Waals surface area (Å²) in [5.74, 6) is 1.64. The highest BCUT2D eigenvalue weighted by molar-refractivity contribution is 7.09. The van der Waals surface area contributed by atoms with Gasteiger partial charge in [-0.15, -0.1) is 11.3 Å². The van der Waals surface area contributed by atoms with E-state index in [1.165, 1.54) is 7.11 Å². The van der Waals surface area contributed by atoms with Crippen molar-refractivity contribution in [3.05, 3.63) is 27.5 Å². The van der Waals surface area contributed by atoms with Crippen molar-refractivity contribution in [2.45, 2.75) is 26.4 Å². The molecule has 0 aromatic carbocycles. The Morgan fingerprint density at radius 1 is 1.23 bits per heavy atom. The Hall–Kier alpha value is -1.90. The lowest BCUT2D eigenvalue weighted by Gasteiger charge is -2.11. The number of rotatable bonds is 5. The van der Waals surface area contributed by atoms with Crippen LogP contribution >= 0.6 is 11.3 Å². The topological polar surface area (TPSA) is 59.9 Å². The zero-order valence-corrected chi connectivity index (χ0v) is 13.1. The third kappa shape index (κ3) is 3.85. The third-order valence-corrected chi connectivity index (χ3v) is 3.79. The molecule has 0 unspecified atom stereocenters. The summed E-state index contributed by atoms with van der Waals surface area (Å²) < 4.78 is 42.5. The first-order valence-corrected chi connectivity index (χ1v) is 7.34. The van der Waals surface area contributed by atoms with Gasteiger partial charge < -0.3 is 10.1 Å². The lowest BCUT2D eigenvalue weighted by Crippen LogP contribution is -2.11. The van der Waals surface area contributed by atoms with Gasteiger partial charge in [0.1, 0.15) is 11.6 Å². The molecular weight excluding hydrogens is 317 g/mol. The SMILES string of the molecule is COc1nc(C)nc(NCCc2nc(C(F)(F)F)cs2)c1C. The highest BCUT2D eigenvalue weighted by Gasteiger charge is 2.33. The van der Waals surface area contributed by atoms with E-state index in [-0.39, 0.29) is 0 Å². The monoisotopic (exact) mass is 332 g/mol. The average molecular weight is 332 g/mol. The maximum atomic E-state index is 12.5. The first-order chi connectivity index (χ1) is 10.3. The number of nitrogens with one attached hydrogen (secondary N) is 1. The van der Waals surface area contributed by atoms with E-state index < -0.39 is 11.9 Å². The molecule has 2 aromatic rings. The number of aryl methyl sites for hydroxylation is 1. The van der Waals surface area contributed by atoms with Crippen molar-refractivity contribution in [3.63, 3.8) is 0 Å². The van der Waals surface area contributed by atoms with Gasteiger partial charge in [0.05, 0.1) is 17.7 Å². The highest BCUT2D eigenvalue weighted by Crippen LogP contribution is 2.30. The summed E-state index contributed by atoms with van der Waals surface area (Å²) in [5.41, 5.74) is -0.0913. The summed E-state index contributed by atoms with van der Waals surface area (Å²) in [7, 11) is 1.52. The molecule has 0 spiro atoms. The van der Waals surface area contributed by atoms with Crippen LogP contribution in [0.5, 0.6) is 5.88 Å². The molecule has 5 nitrogen and oxygen atoms in total. The van der Waals surface area contributed by atoms with Gasteiger partial charge in [0.15, 0.2) is 5.69 Å². The van der Waals surface area contributed by atoms with E-state index in [0.717, 1.165) is 22.3 Å². The predicted molar refractivity (Wildman–Crippen MR) is 77.4 cm³/mol. The minimum Gasteiger partial charge on any atom is -0.481 e. The van der Waals surface area contributed by atoms with E-state index in [1.54, 1.807) is 6.92 Å². The molecule has 2 heterocycles. The van der Waals surface area contributed by atoms with E-state index >= 15 is 0 Å². The maximum Gasteiger partial charge on any atom is 0.434 e. The van der Waals surface area contributed by atoms with Gasteiger partial charge in [-0.3, -0.25) is 0 Å². The summed E-state index contributed by atoms with van der Waals surface area (Å²) in [6.45, 7) is 3.97. The number of aromatic nitrogens is 3. The van der Waals surface area contributed by atoms with Crippen LogP contribution < -0.4 is 10.1 Å². The van der Waals surface area contributed by atoms with Gasteiger partial charge in [-0.2, -0.15) is 18.2 Å². The predicted octanol–water partition coefficient (Wildman–Crippen LogP) is 3.23. The van der Waals surface area contributed by atoms with Crippen LogP contribution in [-0.4, -0.2) is 28.6 Å². The van der Waals surface area contributed by atoms with Crippen LogP contribution in [0, 0.1) is 13.8 Å². The van der Waals surface area contributed by atoms with Crippen molar-refractivity contribution in [1.82, 2.24) is 15.0 Å². The summed E-state index contributed by atoms with van der Waals surface area (Å²) in [6.07, 6.45) is -4.01. The van der Waals surface area contributed by atoms with Gasteiger partial charge in [-0.05, 0) is 13.8 Å². The van der Waals surface area contributed by atoms with Crippen molar-refractivity contribution in [1.29, 1.82) is 0 Å². The molecule has 0 saturated heterocycles. The van der Waals surface area contributed by atoms with Crippen molar-refractivity contribution in [2.24, 2.45) is 0 Å². The second-order valence-electron chi connectivity index (χ2n) is 4.55. The molecule has 9 heteroatoms. The molecule has 0 aliphatic carbocycles. The zero-order valence-electron chi connectivity index (χ0n) is 12.3. The number of methoxy groups -OCH3 is 1. The summed E-state index contributed by atoms with van der Waals surface area (Å²) in [4.78, 5) is 12.0. The van der Waals surface area contributed by atoms with Gasteiger partial charge in [0.2, 0.25) is 5.88 Å². The molecule has 0 saturated carbocycles. The Bertz CT molecular complexity index is 657. The Balaban J connectivity index is 2.00. The van der Waals surface area contributed by atoms with Gasteiger partial charge in [0, 0.05) is 18.3 Å². The Morgan fingerprint density at radius 3 is 2.55 bits per heavy atom. The third-order valence-electron chi connectivity index (χ3n) is 2.88. The molecule has 0 aliphatic heterocycles. The number of anilines is 1. The number of ether oxygens (including phenoxy) is 1. The quantitative estimate of drug-likeness (QED) is 0.911. The number of halogens is 3. The fourth-order valence-electron chi connectivity index (χ4n) is 1.82. The van der Waals surface area contributed by atoms with Gasteiger partial charge in [-0.1, -0.05) is 0 Å². The van der Waals surface area contributed by atoms with Crippen LogP contribution in [0.3, 0.4) is 0 Å². The zero-order chi connectivity index (χ0) is 16.3. The standard InChI is InChI=1S/C13H15F3N4OS/c1-7-11(18-8(2)19-12(7)21-3)17-5-4-10-20-9(6-22-10)13(14,15)16/h6H,4-5H2,1-3H3,(H,17,18,19). The van der Waals surface area contributed by atoms with Crippen molar-refractivity contribution >= 4 is 17.2 Å². The molecule has 0 aliphatic rings. The molecule has 0 radical (unpaired) electrons. The summed E-state index contributed by atoms with van der Waals surface area (Å²) in [6, 6.07) is 0. The fraction of sp³-hybridized carbons (Fsp3) is 0.462. The molecule has 22 heavy (non-hydrogen) atoms. The van der Waals surface area contributed by atoms with E-state index in [4.69, 9.17) is 4.74 Å². The average Bonchev–Trinajstić information content (AvgIpc) is 2.91. The summed E-state index contributed by atoms with van der Waals surface area (Å²) >= 11 is 0.998. The lowest BCUT2D eigenvalue weighted by molar-refractivity contribution is -0.140. The van der Waals surface area contributed by atoms with Crippen molar-refractivity contribution in [3.8, 4) is 5.88 Å². The van der Waals surface area contributed by atoms with Crippen LogP contribution in [0.25, 0.3) is 0 Å². The van der Waals surface area contributed by atoms with E-state index in [1.807, 2.05) is 6.92 Å². The van der Waals surface area contributed by atoms with Crippen LogP contribution in [0.4, 0.5) is 19.0 Å². The normalized spacial score (nSPS) is 11.5. The van der Waals surface area contributed by atoms with Gasteiger partial charge in [0.25, 0.3) is 0 Å². The molecule has 1 N–H and O–H groups in total. The first kappa shape index (κ1) is 16.5. The minimum atomic E-state index is -4.39. The number of thiazole rings is 1. The Morgan fingerprint density at radius 2 is 1.95 bits per heavy atom. The van der Waals surface area contributed by atoms with E-state index in [9.17, 15) is 13.2 Å². The smallest absolute Gasteiger partial charge is 0.434 e. The number of alkyl halides is 3. The summed E-state index contributed by atoms with van der Waals surface area (Å²) in [5, 5.41) is 4.53. The van der Waals surface area contributed by atoms with Gasteiger partial charge >= 0.3 is 6.18 Å². The number of hydrogen-bond acceptors (Lipinski definition) is 6. The molecule has 0 bridgehead atoms. The second kappa shape index (κ2) is 6.47. The fourth-order valence-corrected chi connectivity index (χ4v) is 2.62. The van der Waals surface area contributed by atoms with Gasteiger partial charge in [-0.25, -0.2) is 9.97 Å². The minimum absolute atomic E-state index is 0.381. The molecule has 2 aromatic heterocycles. The molecule has 0 atom stereocenters. The largest absolute Gasteiger partial charge is 0.481 e. The highest BCUT2D eigenvalue weighted by atomic mass is 32.1. The Labute approximate surface area is 129 Å². The molecular formula is C13H15F3N4OS. The van der Waals surface area contributed by atoms with Crippen molar-refractivity contribution in [2.75, 3.05) is 19.0 Å².